The van der Waals surface area contributed by atoms with E-state index in [0.29, 0.717) is 24.4 Å². The molecule has 1 amide bonds. The highest BCUT2D eigenvalue weighted by Crippen LogP contribution is 2.47. The molecule has 1 aromatic carbocycles. The summed E-state index contributed by atoms with van der Waals surface area (Å²) in [6.45, 7) is 0. The molecule has 122 valence electrons. The minimum Gasteiger partial charge on any atom is -0.384 e. The summed E-state index contributed by atoms with van der Waals surface area (Å²) in [5, 5.41) is 2.92. The Morgan fingerprint density at radius 2 is 1.92 bits per heavy atom. The van der Waals surface area contributed by atoms with Crippen LogP contribution < -0.4 is 11.1 Å². The maximum atomic E-state index is 12.8. The van der Waals surface area contributed by atoms with Crippen LogP contribution in [0.2, 0.25) is 0 Å². The molecule has 7 heteroatoms. The second-order valence-corrected chi connectivity index (χ2v) is 5.48. The van der Waals surface area contributed by atoms with Gasteiger partial charge in [-0.25, -0.2) is 14.4 Å². The molecule has 0 radical (unpaired) electrons. The second-order valence-electron chi connectivity index (χ2n) is 5.48. The van der Waals surface area contributed by atoms with Crippen LogP contribution in [0.1, 0.15) is 18.7 Å². The Balaban J connectivity index is 1.64. The third-order valence-electron chi connectivity index (χ3n) is 3.73. The number of amides is 1. The van der Waals surface area contributed by atoms with Crippen LogP contribution in [0.4, 0.5) is 10.1 Å². The van der Waals surface area contributed by atoms with Crippen molar-refractivity contribution in [2.75, 3.05) is 5.32 Å². The Bertz CT molecular complexity index is 782. The van der Waals surface area contributed by atoms with Gasteiger partial charge in [-0.2, -0.15) is 4.99 Å². The number of anilines is 1. The molecular formula is C17H16FN5O. The predicted molar refractivity (Wildman–Crippen MR) is 88.7 cm³/mol. The minimum absolute atomic E-state index is 0.0804. The number of benzene rings is 1. The van der Waals surface area contributed by atoms with E-state index in [1.54, 1.807) is 30.6 Å². The fourth-order valence-corrected chi connectivity index (χ4v) is 2.24. The zero-order valence-electron chi connectivity index (χ0n) is 12.8. The molecule has 0 bridgehead atoms. The number of hydrogen-bond donors (Lipinski definition) is 2. The van der Waals surface area contributed by atoms with Gasteiger partial charge in [0.05, 0.1) is 0 Å². The number of amidine groups is 1. The second kappa shape index (κ2) is 6.57. The number of carbonyl (C=O) groups excluding carboxylic acids is 1. The van der Waals surface area contributed by atoms with Crippen LogP contribution in [0.3, 0.4) is 0 Å². The largest absolute Gasteiger partial charge is 0.384 e. The van der Waals surface area contributed by atoms with Gasteiger partial charge in [-0.3, -0.25) is 4.79 Å². The summed E-state index contributed by atoms with van der Waals surface area (Å²) in [7, 11) is 0. The molecule has 1 aliphatic rings. The van der Waals surface area contributed by atoms with Crippen LogP contribution in [0.25, 0.3) is 0 Å². The average Bonchev–Trinajstić information content (AvgIpc) is 3.39. The first-order valence-corrected chi connectivity index (χ1v) is 7.45. The van der Waals surface area contributed by atoms with Gasteiger partial charge in [0, 0.05) is 24.3 Å². The number of carbonyl (C=O) groups is 1. The highest BCUT2D eigenvalue weighted by atomic mass is 19.1. The summed E-state index contributed by atoms with van der Waals surface area (Å²) in [6.07, 6.45) is 7.57. The molecule has 1 fully saturated rings. The van der Waals surface area contributed by atoms with Crippen molar-refractivity contribution >= 4 is 17.4 Å². The molecule has 1 aromatic heterocycles. The van der Waals surface area contributed by atoms with Gasteiger partial charge in [0.1, 0.15) is 22.9 Å². The monoisotopic (exact) mass is 325 g/mol. The van der Waals surface area contributed by atoms with Crippen LogP contribution in [0.15, 0.2) is 60.0 Å². The SMILES string of the molecule is NC(/C=C\Nc1ccc(F)cc1)=NC(=O)C1(c2ncccn2)CC1. The van der Waals surface area contributed by atoms with E-state index in [1.807, 2.05) is 0 Å². The van der Waals surface area contributed by atoms with Crippen LogP contribution in [0.5, 0.6) is 0 Å². The Morgan fingerprint density at radius 3 is 2.54 bits per heavy atom. The van der Waals surface area contributed by atoms with Crippen molar-refractivity contribution in [1.29, 1.82) is 0 Å². The molecule has 6 nitrogen and oxygen atoms in total. The lowest BCUT2D eigenvalue weighted by atomic mass is 10.1. The van der Waals surface area contributed by atoms with Crippen molar-refractivity contribution in [3.63, 3.8) is 0 Å². The Morgan fingerprint density at radius 1 is 1.25 bits per heavy atom. The maximum Gasteiger partial charge on any atom is 0.261 e. The van der Waals surface area contributed by atoms with E-state index < -0.39 is 5.41 Å². The number of nitrogens with two attached hydrogens (primary N) is 1. The molecule has 0 aliphatic heterocycles. The smallest absolute Gasteiger partial charge is 0.261 e. The third-order valence-corrected chi connectivity index (χ3v) is 3.73. The highest BCUT2D eigenvalue weighted by Gasteiger charge is 2.54. The van der Waals surface area contributed by atoms with Crippen LogP contribution >= 0.6 is 0 Å². The van der Waals surface area contributed by atoms with Crippen molar-refractivity contribution < 1.29 is 9.18 Å². The molecular weight excluding hydrogens is 309 g/mol. The van der Waals surface area contributed by atoms with Crippen LogP contribution in [-0.4, -0.2) is 21.7 Å². The summed E-state index contributed by atoms with van der Waals surface area (Å²) < 4.78 is 12.8. The first-order chi connectivity index (χ1) is 11.6. The summed E-state index contributed by atoms with van der Waals surface area (Å²) in [6, 6.07) is 7.56. The molecule has 2 aromatic rings. The van der Waals surface area contributed by atoms with Gasteiger partial charge >= 0.3 is 0 Å². The van der Waals surface area contributed by atoms with E-state index in [4.69, 9.17) is 5.73 Å². The predicted octanol–water partition coefficient (Wildman–Crippen LogP) is 2.16. The molecule has 0 spiro atoms. The van der Waals surface area contributed by atoms with E-state index in [2.05, 4.69) is 20.3 Å². The molecule has 3 rings (SSSR count). The Labute approximate surface area is 138 Å². The lowest BCUT2D eigenvalue weighted by molar-refractivity contribution is -0.120. The lowest BCUT2D eigenvalue weighted by Crippen LogP contribution is -2.24. The molecule has 1 aliphatic carbocycles. The van der Waals surface area contributed by atoms with Crippen molar-refractivity contribution in [2.24, 2.45) is 10.7 Å². The van der Waals surface area contributed by atoms with E-state index >= 15 is 0 Å². The topological polar surface area (TPSA) is 93.3 Å². The van der Waals surface area contributed by atoms with Crippen molar-refractivity contribution in [3.8, 4) is 0 Å². The number of hydrogen-bond acceptors (Lipinski definition) is 4. The lowest BCUT2D eigenvalue weighted by Gasteiger charge is -2.08. The quantitative estimate of drug-likeness (QED) is 0.649. The standard InChI is InChI=1S/C17H16FN5O/c18-12-2-4-13(5-3-12)20-11-6-14(19)23-16(24)17(7-8-17)15-21-9-1-10-22-15/h1-6,9-11,20H,7-8H2,(H2,19,23,24)/b11-6-. The van der Waals surface area contributed by atoms with Gasteiger partial charge in [-0.1, -0.05) is 0 Å². The number of nitrogens with one attached hydrogen (secondary N) is 1. The molecule has 3 N–H and O–H groups in total. The number of nitrogens with zero attached hydrogens (tertiary/aromatic N) is 3. The fourth-order valence-electron chi connectivity index (χ4n) is 2.24. The molecule has 0 saturated heterocycles. The van der Waals surface area contributed by atoms with Crippen molar-refractivity contribution in [2.45, 2.75) is 18.3 Å². The number of rotatable bonds is 5. The summed E-state index contributed by atoms with van der Waals surface area (Å²) >= 11 is 0. The third kappa shape index (κ3) is 3.45. The molecule has 0 atom stereocenters. The fraction of sp³-hybridized carbons (Fsp3) is 0.176. The van der Waals surface area contributed by atoms with E-state index in [-0.39, 0.29) is 17.6 Å². The van der Waals surface area contributed by atoms with Crippen LogP contribution in [-0.2, 0) is 10.2 Å². The molecule has 24 heavy (non-hydrogen) atoms. The van der Waals surface area contributed by atoms with Gasteiger partial charge < -0.3 is 11.1 Å². The number of aliphatic imine (C=N–C) groups is 1. The van der Waals surface area contributed by atoms with E-state index in [0.717, 1.165) is 0 Å². The normalized spacial score (nSPS) is 16.1. The zero-order chi connectivity index (χ0) is 17.0. The highest BCUT2D eigenvalue weighted by molar-refractivity contribution is 6.04. The Kier molecular flexibility index (Phi) is 4.33. The average molecular weight is 325 g/mol. The number of aromatic nitrogens is 2. The van der Waals surface area contributed by atoms with Crippen LogP contribution in [0, 0.1) is 5.82 Å². The van der Waals surface area contributed by atoms with Gasteiger partial charge in [-0.05, 0) is 49.2 Å². The molecule has 1 saturated carbocycles. The maximum absolute atomic E-state index is 12.8. The van der Waals surface area contributed by atoms with Crippen molar-refractivity contribution in [3.05, 3.63) is 66.6 Å². The van der Waals surface area contributed by atoms with Crippen molar-refractivity contribution in [1.82, 2.24) is 9.97 Å². The number of halogens is 1. The van der Waals surface area contributed by atoms with Gasteiger partial charge in [0.2, 0.25) is 0 Å². The van der Waals surface area contributed by atoms with E-state index in [1.165, 1.54) is 24.4 Å². The zero-order valence-corrected chi connectivity index (χ0v) is 12.8. The molecule has 1 heterocycles. The first-order valence-electron chi connectivity index (χ1n) is 7.45. The molecule has 0 unspecified atom stereocenters. The Hall–Kier alpha value is -3.09. The van der Waals surface area contributed by atoms with Gasteiger partial charge in [0.25, 0.3) is 5.91 Å². The minimum atomic E-state index is -0.732. The summed E-state index contributed by atoms with van der Waals surface area (Å²) in [5.41, 5.74) is 5.73. The summed E-state index contributed by atoms with van der Waals surface area (Å²) in [5.74, 6) is -0.0801. The van der Waals surface area contributed by atoms with E-state index in [9.17, 15) is 9.18 Å². The van der Waals surface area contributed by atoms with Gasteiger partial charge in [-0.15, -0.1) is 0 Å². The first kappa shape index (κ1) is 15.8. The van der Waals surface area contributed by atoms with Gasteiger partial charge in [0.15, 0.2) is 0 Å². The summed E-state index contributed by atoms with van der Waals surface area (Å²) in [4.78, 5) is 24.6.